The van der Waals surface area contributed by atoms with Gasteiger partial charge in [-0.3, -0.25) is 4.79 Å². The Hall–Kier alpha value is -1.00. The number of rotatable bonds is 3. The van der Waals surface area contributed by atoms with Crippen LogP contribution in [0.25, 0.3) is 0 Å². The summed E-state index contributed by atoms with van der Waals surface area (Å²) in [4.78, 5) is 18.9. The molecule has 0 aliphatic carbocycles. The van der Waals surface area contributed by atoms with Gasteiger partial charge in [-0.15, -0.1) is 22.7 Å². The molecule has 4 heteroatoms. The molecule has 2 heterocycles. The SMILES string of the molecule is Cc1cc(C(=O)Cc2nc(C(C)(C)C)cs2)sc1C. The number of carbonyl (C=O) groups is 1. The standard InChI is InChI=1S/C15H19NOS2/c1-9-6-12(19-10(9)2)11(17)7-14-16-13(8-18-14)15(3,4)5/h6,8H,7H2,1-5H3. The van der Waals surface area contributed by atoms with Crippen molar-refractivity contribution >= 4 is 28.5 Å². The van der Waals surface area contributed by atoms with E-state index in [-0.39, 0.29) is 11.2 Å². The fraction of sp³-hybridized carbons (Fsp3) is 0.467. The summed E-state index contributed by atoms with van der Waals surface area (Å²) >= 11 is 3.16. The third kappa shape index (κ3) is 3.31. The highest BCUT2D eigenvalue weighted by molar-refractivity contribution is 7.14. The highest BCUT2D eigenvalue weighted by Gasteiger charge is 2.19. The molecule has 0 aliphatic heterocycles. The number of Topliss-reactive ketones (excluding diaryl/α,β-unsaturated/α-hetero) is 1. The Morgan fingerprint density at radius 2 is 2.00 bits per heavy atom. The molecular formula is C15H19NOS2. The Balaban J connectivity index is 2.13. The Kier molecular flexibility index (Phi) is 3.92. The van der Waals surface area contributed by atoms with E-state index in [1.165, 1.54) is 10.4 Å². The van der Waals surface area contributed by atoms with Gasteiger partial charge in [-0.05, 0) is 25.5 Å². The average molecular weight is 293 g/mol. The fourth-order valence-corrected chi connectivity index (χ4v) is 3.66. The lowest BCUT2D eigenvalue weighted by atomic mass is 9.93. The van der Waals surface area contributed by atoms with Crippen LogP contribution in [-0.2, 0) is 11.8 Å². The predicted octanol–water partition coefficient (Wildman–Crippen LogP) is 4.54. The lowest BCUT2D eigenvalue weighted by molar-refractivity contribution is 0.0996. The summed E-state index contributed by atoms with van der Waals surface area (Å²) in [5.74, 6) is 0.177. The molecule has 0 fully saturated rings. The van der Waals surface area contributed by atoms with E-state index >= 15 is 0 Å². The third-order valence-corrected chi connectivity index (χ3v) is 5.12. The van der Waals surface area contributed by atoms with Crippen LogP contribution >= 0.6 is 22.7 Å². The number of aryl methyl sites for hydroxylation is 2. The molecule has 2 rings (SSSR count). The average Bonchev–Trinajstić information content (AvgIpc) is 2.86. The highest BCUT2D eigenvalue weighted by Crippen LogP contribution is 2.26. The molecular weight excluding hydrogens is 274 g/mol. The summed E-state index contributed by atoms with van der Waals surface area (Å²) in [6.45, 7) is 10.5. The van der Waals surface area contributed by atoms with E-state index in [1.807, 2.05) is 13.0 Å². The van der Waals surface area contributed by atoms with Gasteiger partial charge in [-0.1, -0.05) is 20.8 Å². The van der Waals surface area contributed by atoms with Gasteiger partial charge < -0.3 is 0 Å². The first kappa shape index (κ1) is 14.4. The largest absolute Gasteiger partial charge is 0.293 e. The summed E-state index contributed by atoms with van der Waals surface area (Å²) in [6, 6.07) is 1.99. The Labute approximate surface area is 122 Å². The number of hydrogen-bond acceptors (Lipinski definition) is 4. The zero-order chi connectivity index (χ0) is 14.2. The molecule has 2 aromatic heterocycles. The maximum atomic E-state index is 12.2. The molecule has 0 unspecified atom stereocenters. The fourth-order valence-electron chi connectivity index (χ4n) is 1.67. The molecule has 19 heavy (non-hydrogen) atoms. The van der Waals surface area contributed by atoms with Crippen molar-refractivity contribution in [2.24, 2.45) is 0 Å². The van der Waals surface area contributed by atoms with Gasteiger partial charge in [-0.2, -0.15) is 0 Å². The quantitative estimate of drug-likeness (QED) is 0.777. The Morgan fingerprint density at radius 3 is 2.47 bits per heavy atom. The van der Waals surface area contributed by atoms with Gasteiger partial charge in [0, 0.05) is 15.7 Å². The predicted molar refractivity (Wildman–Crippen MR) is 82.6 cm³/mol. The van der Waals surface area contributed by atoms with Gasteiger partial charge in [-0.25, -0.2) is 4.98 Å². The summed E-state index contributed by atoms with van der Waals surface area (Å²) in [5, 5.41) is 2.98. The first-order valence-corrected chi connectivity index (χ1v) is 8.02. The van der Waals surface area contributed by atoms with Crippen molar-refractivity contribution in [3.63, 3.8) is 0 Å². The first-order chi connectivity index (χ1) is 8.77. The van der Waals surface area contributed by atoms with Crippen molar-refractivity contribution in [2.45, 2.75) is 46.5 Å². The molecule has 0 radical (unpaired) electrons. The minimum absolute atomic E-state index is 0.0495. The van der Waals surface area contributed by atoms with E-state index in [9.17, 15) is 4.79 Å². The van der Waals surface area contributed by atoms with Crippen LogP contribution < -0.4 is 0 Å². The summed E-state index contributed by atoms with van der Waals surface area (Å²) in [7, 11) is 0. The van der Waals surface area contributed by atoms with Crippen LogP contribution in [0.4, 0.5) is 0 Å². The number of thiazole rings is 1. The van der Waals surface area contributed by atoms with E-state index in [0.29, 0.717) is 6.42 Å². The molecule has 0 N–H and O–H groups in total. The van der Waals surface area contributed by atoms with Crippen LogP contribution in [0.2, 0.25) is 0 Å². The number of aromatic nitrogens is 1. The number of carbonyl (C=O) groups excluding carboxylic acids is 1. The van der Waals surface area contributed by atoms with E-state index in [4.69, 9.17) is 0 Å². The molecule has 0 aromatic carbocycles. The van der Waals surface area contributed by atoms with Crippen LogP contribution in [0, 0.1) is 13.8 Å². The van der Waals surface area contributed by atoms with Gasteiger partial charge >= 0.3 is 0 Å². The van der Waals surface area contributed by atoms with E-state index in [0.717, 1.165) is 15.6 Å². The minimum Gasteiger partial charge on any atom is -0.293 e. The molecule has 2 nitrogen and oxygen atoms in total. The topological polar surface area (TPSA) is 30.0 Å². The Bertz CT molecular complexity index is 582. The van der Waals surface area contributed by atoms with Crippen molar-refractivity contribution in [2.75, 3.05) is 0 Å². The maximum Gasteiger partial charge on any atom is 0.179 e. The van der Waals surface area contributed by atoms with Crippen molar-refractivity contribution < 1.29 is 4.79 Å². The number of ketones is 1. The number of hydrogen-bond donors (Lipinski definition) is 0. The van der Waals surface area contributed by atoms with Gasteiger partial charge in [0.2, 0.25) is 0 Å². The lowest BCUT2D eigenvalue weighted by Gasteiger charge is -2.14. The number of thiophene rings is 1. The van der Waals surface area contributed by atoms with Crippen molar-refractivity contribution in [1.29, 1.82) is 0 Å². The first-order valence-electron chi connectivity index (χ1n) is 6.32. The van der Waals surface area contributed by atoms with E-state index in [1.54, 1.807) is 22.7 Å². The van der Waals surface area contributed by atoms with Crippen molar-refractivity contribution in [3.8, 4) is 0 Å². The minimum atomic E-state index is 0.0495. The van der Waals surface area contributed by atoms with Gasteiger partial charge in [0.05, 0.1) is 17.0 Å². The second-order valence-corrected chi connectivity index (χ2v) is 8.03. The number of nitrogens with zero attached hydrogens (tertiary/aromatic N) is 1. The highest BCUT2D eigenvalue weighted by atomic mass is 32.1. The Morgan fingerprint density at radius 1 is 1.32 bits per heavy atom. The van der Waals surface area contributed by atoms with Gasteiger partial charge in [0.25, 0.3) is 0 Å². The van der Waals surface area contributed by atoms with Crippen LogP contribution in [0.3, 0.4) is 0 Å². The zero-order valence-electron chi connectivity index (χ0n) is 12.0. The van der Waals surface area contributed by atoms with Gasteiger partial charge in [0.1, 0.15) is 5.01 Å². The van der Waals surface area contributed by atoms with Crippen LogP contribution in [0.15, 0.2) is 11.4 Å². The molecule has 0 aliphatic rings. The van der Waals surface area contributed by atoms with Crippen molar-refractivity contribution in [3.05, 3.63) is 37.5 Å². The molecule has 0 bridgehead atoms. The maximum absolute atomic E-state index is 12.2. The third-order valence-electron chi connectivity index (χ3n) is 3.07. The second-order valence-electron chi connectivity index (χ2n) is 5.83. The monoisotopic (exact) mass is 293 g/mol. The lowest BCUT2D eigenvalue weighted by Crippen LogP contribution is -2.12. The molecule has 0 spiro atoms. The summed E-state index contributed by atoms with van der Waals surface area (Å²) in [6.07, 6.45) is 0.417. The molecule has 0 amide bonds. The van der Waals surface area contributed by atoms with E-state index < -0.39 is 0 Å². The van der Waals surface area contributed by atoms with Crippen LogP contribution in [0.1, 0.15) is 51.6 Å². The molecule has 102 valence electrons. The molecule has 0 saturated heterocycles. The molecule has 2 aromatic rings. The van der Waals surface area contributed by atoms with Gasteiger partial charge in [0.15, 0.2) is 5.78 Å². The molecule has 0 atom stereocenters. The zero-order valence-corrected chi connectivity index (χ0v) is 13.7. The van der Waals surface area contributed by atoms with Crippen molar-refractivity contribution in [1.82, 2.24) is 4.98 Å². The summed E-state index contributed by atoms with van der Waals surface area (Å²) < 4.78 is 0. The van der Waals surface area contributed by atoms with Crippen LogP contribution in [0.5, 0.6) is 0 Å². The normalized spacial score (nSPS) is 11.8. The molecule has 0 saturated carbocycles. The summed E-state index contributed by atoms with van der Waals surface area (Å²) in [5.41, 5.74) is 2.31. The van der Waals surface area contributed by atoms with Crippen LogP contribution in [-0.4, -0.2) is 10.8 Å². The second kappa shape index (κ2) is 5.17. The smallest absolute Gasteiger partial charge is 0.179 e. The van der Waals surface area contributed by atoms with E-state index in [2.05, 4.69) is 38.1 Å².